The molecule has 10 aliphatic rings. The van der Waals surface area contributed by atoms with Gasteiger partial charge in [0.25, 0.3) is 0 Å². The van der Waals surface area contributed by atoms with Gasteiger partial charge in [0, 0.05) is 31.1 Å². The Morgan fingerprint density at radius 3 is 2.09 bits per heavy atom. The highest BCUT2D eigenvalue weighted by Crippen LogP contribution is 2.71. The minimum Gasteiger partial charge on any atom is -0.463 e. The van der Waals surface area contributed by atoms with Gasteiger partial charge in [0.2, 0.25) is 0 Å². The van der Waals surface area contributed by atoms with Gasteiger partial charge in [0.1, 0.15) is 92.1 Å². The van der Waals surface area contributed by atoms with Crippen molar-refractivity contribution in [2.75, 3.05) is 26.4 Å². The molecule has 6 aliphatic heterocycles. The predicted molar refractivity (Wildman–Crippen MR) is 252 cm³/mol. The number of fused-ring (bicyclic) bond motifs is 7. The van der Waals surface area contributed by atoms with Crippen molar-refractivity contribution in [3.63, 3.8) is 0 Å². The Bertz CT molecular complexity index is 2020. The minimum atomic E-state index is -1.98. The molecule has 11 N–H and O–H groups in total. The Morgan fingerprint density at radius 2 is 1.39 bits per heavy atom. The van der Waals surface area contributed by atoms with E-state index in [1.165, 1.54) is 13.8 Å². The molecule has 0 aromatic carbocycles. The smallest absolute Gasteiger partial charge is 0.302 e. The fourth-order valence-electron chi connectivity index (χ4n) is 15.5. The van der Waals surface area contributed by atoms with Crippen molar-refractivity contribution in [2.24, 2.45) is 46.3 Å². The molecule has 0 bridgehead atoms. The van der Waals surface area contributed by atoms with E-state index in [4.69, 9.17) is 52.1 Å². The number of carbonyl (C=O) groups is 1. The number of ether oxygens (including phenoxy) is 11. The quantitative estimate of drug-likeness (QED) is 0.0805. The average Bonchev–Trinajstić information content (AvgIpc) is 3.89. The van der Waals surface area contributed by atoms with E-state index in [9.17, 15) is 61.0 Å². The van der Waals surface area contributed by atoms with Crippen LogP contribution in [0.5, 0.6) is 0 Å². The molecule has 31 unspecified atom stereocenters. The highest BCUT2D eigenvalue weighted by atomic mass is 16.8. The van der Waals surface area contributed by atoms with E-state index in [0.29, 0.717) is 30.8 Å². The maximum atomic E-state index is 12.3. The Balaban J connectivity index is 0.970. The van der Waals surface area contributed by atoms with E-state index in [1.54, 1.807) is 0 Å². The fraction of sp³-hybridized carbons (Fsp3) is 0.942. The number of hydrogen-bond donors (Lipinski definition) is 11. The van der Waals surface area contributed by atoms with Crippen LogP contribution in [0.3, 0.4) is 0 Å². The Hall–Kier alpha value is -1.63. The molecule has 1 spiro atoms. The molecule has 0 aromatic heterocycles. The van der Waals surface area contributed by atoms with Gasteiger partial charge < -0.3 is 108 Å². The van der Waals surface area contributed by atoms with Crippen LogP contribution in [-0.4, -0.2) is 229 Å². The SMILES string of the molecule is CC(=O)OCC1OC(OC2CC(O)CC3=CCC4C5CC6OC7(CCC(C)CO7)C(C)C6C5(C)CCC4C32C)C(OC2OC(C)C(O)C(OC3OC(CO)C(O)C(O)C3O)C2O)C(OC2OCC(O)C(O)C2O)C1O. The summed E-state index contributed by atoms with van der Waals surface area (Å²) in [5.41, 5.74) is 0.276. The zero-order valence-electron chi connectivity index (χ0n) is 43.5. The van der Waals surface area contributed by atoms with Gasteiger partial charge in [-0.1, -0.05) is 39.3 Å². The van der Waals surface area contributed by atoms with Crippen LogP contribution in [0.15, 0.2) is 11.6 Å². The van der Waals surface area contributed by atoms with Crippen LogP contribution in [0.1, 0.15) is 92.9 Å². The number of rotatable bonds is 11. The summed E-state index contributed by atoms with van der Waals surface area (Å²) < 4.78 is 68.8. The largest absolute Gasteiger partial charge is 0.463 e. The Kier molecular flexibility index (Phi) is 16.4. The maximum absolute atomic E-state index is 12.3. The molecule has 10 rings (SSSR count). The first kappa shape index (κ1) is 56.6. The lowest BCUT2D eigenvalue weighted by atomic mass is 9.46. The monoisotopic (exact) mass is 1070 g/mol. The molecule has 75 heavy (non-hydrogen) atoms. The standard InChI is InChI=1S/C52H82O23/c1-20-9-12-52(67-17-20)21(2)34-30(75-52)15-28-26-8-7-24-13-25(55)14-33(51(24,6)27(26)10-11-50(28,34)5)71-49-45(44(38(60)32(70-49)19-65-23(4)54)73-46-40(62)36(58)29(56)18-66-46)74-48-42(64)43(35(57)22(3)68-48)72-47-41(63)39(61)37(59)31(16-53)69-47/h7,20-22,25-49,53,55-64H,8-19H2,1-6H3. The number of hydrogen-bond acceptors (Lipinski definition) is 23. The Morgan fingerprint density at radius 1 is 0.693 bits per heavy atom. The van der Waals surface area contributed by atoms with Crippen LogP contribution in [-0.2, 0) is 56.9 Å². The normalized spacial score (nSPS) is 55.8. The van der Waals surface area contributed by atoms with Gasteiger partial charge in [-0.2, -0.15) is 0 Å². The number of esters is 1. The third kappa shape index (κ3) is 9.89. The molecule has 9 fully saturated rings. The predicted octanol–water partition coefficient (Wildman–Crippen LogP) is -1.78. The van der Waals surface area contributed by atoms with Gasteiger partial charge in [0.15, 0.2) is 30.9 Å². The van der Waals surface area contributed by atoms with E-state index in [0.717, 1.165) is 44.1 Å². The number of allylic oxidation sites excluding steroid dienone is 1. The van der Waals surface area contributed by atoms with Crippen molar-refractivity contribution in [2.45, 2.75) is 234 Å². The van der Waals surface area contributed by atoms with Crippen molar-refractivity contribution in [1.29, 1.82) is 0 Å². The summed E-state index contributed by atoms with van der Waals surface area (Å²) in [6.07, 6.45) is -25.6. The summed E-state index contributed by atoms with van der Waals surface area (Å²) >= 11 is 0. The van der Waals surface area contributed by atoms with Gasteiger partial charge in [0.05, 0.1) is 44.2 Å². The molecule has 31 atom stereocenters. The lowest BCUT2D eigenvalue weighted by Gasteiger charge is -2.61. The molecule has 23 nitrogen and oxygen atoms in total. The first-order chi connectivity index (χ1) is 35.5. The van der Waals surface area contributed by atoms with Crippen molar-refractivity contribution in [1.82, 2.24) is 0 Å². The molecule has 0 aromatic rings. The molecule has 4 aliphatic carbocycles. The van der Waals surface area contributed by atoms with E-state index in [2.05, 4.69) is 33.8 Å². The summed E-state index contributed by atoms with van der Waals surface area (Å²) in [7, 11) is 0. The zero-order chi connectivity index (χ0) is 53.8. The van der Waals surface area contributed by atoms with Gasteiger partial charge in [-0.05, 0) is 80.5 Å². The third-order valence-corrected chi connectivity index (χ3v) is 19.7. The first-order valence-corrected chi connectivity index (χ1v) is 27.3. The minimum absolute atomic E-state index is 0.0330. The van der Waals surface area contributed by atoms with E-state index >= 15 is 0 Å². The third-order valence-electron chi connectivity index (χ3n) is 19.7. The van der Waals surface area contributed by atoms with E-state index < -0.39 is 166 Å². The number of aliphatic hydroxyl groups is 11. The lowest BCUT2D eigenvalue weighted by molar-refractivity contribution is -0.401. The van der Waals surface area contributed by atoms with E-state index in [1.807, 2.05) is 0 Å². The molecule has 6 saturated heterocycles. The molecule has 0 amide bonds. The molecule has 3 saturated carbocycles. The zero-order valence-corrected chi connectivity index (χ0v) is 43.5. The topological polar surface area (TPSA) is 341 Å². The summed E-state index contributed by atoms with van der Waals surface area (Å²) in [6.45, 7) is 10.6. The van der Waals surface area contributed by atoms with Gasteiger partial charge in [-0.15, -0.1) is 0 Å². The first-order valence-electron chi connectivity index (χ1n) is 27.3. The van der Waals surface area contributed by atoms with Crippen molar-refractivity contribution >= 4 is 5.97 Å². The van der Waals surface area contributed by atoms with E-state index in [-0.39, 0.29) is 35.7 Å². The fourth-order valence-corrected chi connectivity index (χ4v) is 15.5. The second-order valence-electron chi connectivity index (χ2n) is 24.1. The summed E-state index contributed by atoms with van der Waals surface area (Å²) in [5.74, 6) is 0.287. The Labute approximate surface area is 436 Å². The van der Waals surface area contributed by atoms with Crippen LogP contribution in [0, 0.1) is 46.3 Å². The van der Waals surface area contributed by atoms with Crippen LogP contribution >= 0.6 is 0 Å². The molecular weight excluding hydrogens is 993 g/mol. The molecule has 6 heterocycles. The highest BCUT2D eigenvalue weighted by molar-refractivity contribution is 5.65. The molecule has 23 heteroatoms. The highest BCUT2D eigenvalue weighted by Gasteiger charge is 2.70. The van der Waals surface area contributed by atoms with Crippen LogP contribution in [0.4, 0.5) is 0 Å². The summed E-state index contributed by atoms with van der Waals surface area (Å²) in [4.78, 5) is 12.3. The van der Waals surface area contributed by atoms with Gasteiger partial charge in [-0.3, -0.25) is 4.79 Å². The van der Waals surface area contributed by atoms with Crippen LogP contribution in [0.2, 0.25) is 0 Å². The maximum Gasteiger partial charge on any atom is 0.302 e. The molecule has 0 radical (unpaired) electrons. The van der Waals surface area contributed by atoms with Crippen LogP contribution < -0.4 is 0 Å². The molecular formula is C52H82O23. The second-order valence-corrected chi connectivity index (χ2v) is 24.1. The van der Waals surface area contributed by atoms with Crippen molar-refractivity contribution in [3.8, 4) is 0 Å². The average molecular weight is 1080 g/mol. The number of carbonyl (C=O) groups excluding carboxylic acids is 1. The summed E-state index contributed by atoms with van der Waals surface area (Å²) in [6, 6.07) is 0. The second kappa shape index (κ2) is 21.7. The van der Waals surface area contributed by atoms with Crippen LogP contribution in [0.25, 0.3) is 0 Å². The number of aliphatic hydroxyl groups excluding tert-OH is 11. The van der Waals surface area contributed by atoms with Gasteiger partial charge >= 0.3 is 5.97 Å². The lowest BCUT2D eigenvalue weighted by Crippen LogP contribution is -2.68. The van der Waals surface area contributed by atoms with Crippen molar-refractivity contribution in [3.05, 3.63) is 11.6 Å². The summed E-state index contributed by atoms with van der Waals surface area (Å²) in [5, 5.41) is 121. The van der Waals surface area contributed by atoms with Gasteiger partial charge in [-0.25, -0.2) is 0 Å². The van der Waals surface area contributed by atoms with Crippen molar-refractivity contribution < 1.29 is 113 Å². The molecule has 428 valence electrons.